The largest absolute Gasteiger partial charge is 0.375 e. The average Bonchev–Trinajstić information content (AvgIpc) is 2.58. The first-order valence-electron chi connectivity index (χ1n) is 6.61. The highest BCUT2D eigenvalue weighted by molar-refractivity contribution is 4.89. The van der Waals surface area contributed by atoms with Crippen molar-refractivity contribution in [3.8, 4) is 6.07 Å². The second-order valence-corrected chi connectivity index (χ2v) is 4.58. The lowest BCUT2D eigenvalue weighted by Gasteiger charge is -2.18. The van der Waals surface area contributed by atoms with Crippen molar-refractivity contribution in [1.82, 2.24) is 5.32 Å². The number of nitrogens with one attached hydrogen (secondary N) is 1. The molecule has 1 atom stereocenters. The van der Waals surface area contributed by atoms with Crippen LogP contribution in [0.4, 0.5) is 0 Å². The Morgan fingerprint density at radius 3 is 2.56 bits per heavy atom. The molecule has 1 rings (SSSR count). The first-order chi connectivity index (χ1) is 7.86. The van der Waals surface area contributed by atoms with E-state index >= 15 is 0 Å². The number of hydrogen-bond donors (Lipinski definition) is 1. The molecule has 1 unspecified atom stereocenters. The molecule has 92 valence electrons. The molecular weight excluding hydrogens is 200 g/mol. The summed E-state index contributed by atoms with van der Waals surface area (Å²) in [5, 5.41) is 12.1. The molecule has 3 heteroatoms. The van der Waals surface area contributed by atoms with Gasteiger partial charge in [-0.1, -0.05) is 32.6 Å². The minimum atomic E-state index is -0.136. The van der Waals surface area contributed by atoms with Gasteiger partial charge < -0.3 is 10.1 Å². The SMILES string of the molecule is CCCNC(C#N)COC1CCCCCC1. The normalized spacial score (nSPS) is 20.0. The molecule has 0 aromatic heterocycles. The zero-order valence-electron chi connectivity index (χ0n) is 10.4. The average molecular weight is 224 g/mol. The smallest absolute Gasteiger partial charge is 0.119 e. The third-order valence-corrected chi connectivity index (χ3v) is 3.10. The number of nitrogens with zero attached hydrogens (tertiary/aromatic N) is 1. The van der Waals surface area contributed by atoms with E-state index in [9.17, 15) is 0 Å². The van der Waals surface area contributed by atoms with Gasteiger partial charge in [0.25, 0.3) is 0 Å². The first-order valence-corrected chi connectivity index (χ1v) is 6.61. The van der Waals surface area contributed by atoms with E-state index in [4.69, 9.17) is 10.00 Å². The Bertz CT molecular complexity index is 204. The molecule has 0 heterocycles. The molecule has 0 aromatic carbocycles. The summed E-state index contributed by atoms with van der Waals surface area (Å²) in [5.74, 6) is 0. The van der Waals surface area contributed by atoms with Crippen LogP contribution in [0.2, 0.25) is 0 Å². The molecule has 16 heavy (non-hydrogen) atoms. The lowest BCUT2D eigenvalue weighted by atomic mass is 10.1. The fraction of sp³-hybridized carbons (Fsp3) is 0.923. The second-order valence-electron chi connectivity index (χ2n) is 4.58. The van der Waals surface area contributed by atoms with E-state index in [0.29, 0.717) is 12.7 Å². The third-order valence-electron chi connectivity index (χ3n) is 3.10. The summed E-state index contributed by atoms with van der Waals surface area (Å²) < 4.78 is 5.83. The van der Waals surface area contributed by atoms with Crippen molar-refractivity contribution in [2.75, 3.05) is 13.2 Å². The summed E-state index contributed by atoms with van der Waals surface area (Å²) >= 11 is 0. The van der Waals surface area contributed by atoms with Gasteiger partial charge in [0.15, 0.2) is 0 Å². The van der Waals surface area contributed by atoms with Gasteiger partial charge in [-0.25, -0.2) is 0 Å². The zero-order valence-corrected chi connectivity index (χ0v) is 10.4. The van der Waals surface area contributed by atoms with Gasteiger partial charge in [-0.15, -0.1) is 0 Å². The van der Waals surface area contributed by atoms with Gasteiger partial charge in [0.1, 0.15) is 6.04 Å². The van der Waals surface area contributed by atoms with Crippen molar-refractivity contribution in [1.29, 1.82) is 5.26 Å². The zero-order chi connectivity index (χ0) is 11.6. The molecular formula is C13H24N2O. The molecule has 0 spiro atoms. The molecule has 0 bridgehead atoms. The molecule has 0 saturated heterocycles. The van der Waals surface area contributed by atoms with Gasteiger partial charge in [-0.3, -0.25) is 0 Å². The van der Waals surface area contributed by atoms with Gasteiger partial charge in [0.2, 0.25) is 0 Å². The monoisotopic (exact) mass is 224 g/mol. The summed E-state index contributed by atoms with van der Waals surface area (Å²) in [5.41, 5.74) is 0. The number of hydrogen-bond acceptors (Lipinski definition) is 3. The van der Waals surface area contributed by atoms with Gasteiger partial charge in [0, 0.05) is 0 Å². The van der Waals surface area contributed by atoms with Crippen LogP contribution in [0.25, 0.3) is 0 Å². The summed E-state index contributed by atoms with van der Waals surface area (Å²) in [6, 6.07) is 2.12. The highest BCUT2D eigenvalue weighted by atomic mass is 16.5. The van der Waals surface area contributed by atoms with E-state index in [-0.39, 0.29) is 6.04 Å². The predicted molar refractivity (Wildman–Crippen MR) is 65.1 cm³/mol. The van der Waals surface area contributed by atoms with Crippen LogP contribution in [0, 0.1) is 11.3 Å². The molecule has 1 fully saturated rings. The minimum Gasteiger partial charge on any atom is -0.375 e. The van der Waals surface area contributed by atoms with Gasteiger partial charge in [-0.2, -0.15) is 5.26 Å². The molecule has 1 N–H and O–H groups in total. The van der Waals surface area contributed by atoms with Gasteiger partial charge in [0.05, 0.1) is 18.8 Å². The summed E-state index contributed by atoms with van der Waals surface area (Å²) in [7, 11) is 0. The Hall–Kier alpha value is -0.590. The summed E-state index contributed by atoms with van der Waals surface area (Å²) in [4.78, 5) is 0. The third kappa shape index (κ3) is 5.48. The second kappa shape index (κ2) is 8.55. The highest BCUT2D eigenvalue weighted by Crippen LogP contribution is 2.19. The van der Waals surface area contributed by atoms with Crippen LogP contribution in [-0.4, -0.2) is 25.3 Å². The fourth-order valence-electron chi connectivity index (χ4n) is 2.10. The first kappa shape index (κ1) is 13.5. The molecule has 0 aliphatic heterocycles. The molecule has 1 saturated carbocycles. The van der Waals surface area contributed by atoms with Crippen LogP contribution in [-0.2, 0) is 4.74 Å². The van der Waals surface area contributed by atoms with Crippen LogP contribution in [0.15, 0.2) is 0 Å². The molecule has 1 aliphatic carbocycles. The van der Waals surface area contributed by atoms with E-state index in [1.807, 2.05) is 0 Å². The summed E-state index contributed by atoms with van der Waals surface area (Å²) in [6.45, 7) is 3.54. The van der Waals surface area contributed by atoms with E-state index in [2.05, 4.69) is 18.3 Å². The van der Waals surface area contributed by atoms with Crippen molar-refractivity contribution in [2.45, 2.75) is 64.0 Å². The van der Waals surface area contributed by atoms with Gasteiger partial charge >= 0.3 is 0 Å². The molecule has 0 aromatic rings. The van der Waals surface area contributed by atoms with Crippen molar-refractivity contribution in [3.63, 3.8) is 0 Å². The van der Waals surface area contributed by atoms with E-state index in [0.717, 1.165) is 13.0 Å². The van der Waals surface area contributed by atoms with E-state index in [1.165, 1.54) is 38.5 Å². The molecule has 0 radical (unpaired) electrons. The van der Waals surface area contributed by atoms with Crippen molar-refractivity contribution < 1.29 is 4.74 Å². The maximum absolute atomic E-state index is 8.95. The topological polar surface area (TPSA) is 45.0 Å². The number of ether oxygens (including phenoxy) is 1. The Balaban J connectivity index is 2.17. The number of rotatable bonds is 6. The maximum atomic E-state index is 8.95. The van der Waals surface area contributed by atoms with Crippen LogP contribution >= 0.6 is 0 Å². The standard InChI is InChI=1S/C13H24N2O/c1-2-9-15-12(10-14)11-16-13-7-5-3-4-6-8-13/h12-13,15H,2-9,11H2,1H3. The quantitative estimate of drug-likeness (QED) is 0.705. The lowest BCUT2D eigenvalue weighted by Crippen LogP contribution is -2.34. The Kier molecular flexibility index (Phi) is 7.20. The van der Waals surface area contributed by atoms with Crippen LogP contribution in [0.3, 0.4) is 0 Å². The highest BCUT2D eigenvalue weighted by Gasteiger charge is 2.14. The Morgan fingerprint density at radius 1 is 1.31 bits per heavy atom. The van der Waals surface area contributed by atoms with E-state index < -0.39 is 0 Å². The molecule has 3 nitrogen and oxygen atoms in total. The van der Waals surface area contributed by atoms with Crippen molar-refractivity contribution in [2.24, 2.45) is 0 Å². The van der Waals surface area contributed by atoms with Crippen molar-refractivity contribution in [3.05, 3.63) is 0 Å². The minimum absolute atomic E-state index is 0.136. The van der Waals surface area contributed by atoms with Gasteiger partial charge in [-0.05, 0) is 25.8 Å². The fourth-order valence-corrected chi connectivity index (χ4v) is 2.10. The van der Waals surface area contributed by atoms with Crippen LogP contribution < -0.4 is 5.32 Å². The Morgan fingerprint density at radius 2 is 2.00 bits per heavy atom. The predicted octanol–water partition coefficient (Wildman–Crippen LogP) is 2.62. The Labute approximate surface area is 99.2 Å². The van der Waals surface area contributed by atoms with Crippen molar-refractivity contribution >= 4 is 0 Å². The molecule has 0 amide bonds. The number of nitriles is 1. The van der Waals surface area contributed by atoms with Crippen LogP contribution in [0.5, 0.6) is 0 Å². The van der Waals surface area contributed by atoms with Crippen LogP contribution in [0.1, 0.15) is 51.9 Å². The summed E-state index contributed by atoms with van der Waals surface area (Å²) in [6.07, 6.45) is 9.04. The lowest BCUT2D eigenvalue weighted by molar-refractivity contribution is 0.0367. The molecule has 1 aliphatic rings. The van der Waals surface area contributed by atoms with E-state index in [1.54, 1.807) is 0 Å². The maximum Gasteiger partial charge on any atom is 0.119 e.